The molecule has 2 fully saturated rings. The van der Waals surface area contributed by atoms with Gasteiger partial charge in [0.05, 0.1) is 17.9 Å². The first-order chi connectivity index (χ1) is 17.1. The number of benzene rings is 1. The Bertz CT molecular complexity index is 1050. The van der Waals surface area contributed by atoms with Gasteiger partial charge in [0.2, 0.25) is 0 Å². The lowest BCUT2D eigenvalue weighted by Crippen LogP contribution is -2.35. The van der Waals surface area contributed by atoms with Gasteiger partial charge in [0.15, 0.2) is 5.58 Å². The van der Waals surface area contributed by atoms with Gasteiger partial charge in [-0.15, -0.1) is 0 Å². The zero-order valence-electron chi connectivity index (χ0n) is 21.4. The lowest BCUT2D eigenvalue weighted by atomic mass is 9.91. The Kier molecular flexibility index (Phi) is 7.75. The summed E-state index contributed by atoms with van der Waals surface area (Å²) in [5.41, 5.74) is 4.37. The van der Waals surface area contributed by atoms with E-state index >= 15 is 0 Å². The van der Waals surface area contributed by atoms with Gasteiger partial charge in [-0.3, -0.25) is 4.90 Å². The van der Waals surface area contributed by atoms with E-state index in [0.717, 1.165) is 85.4 Å². The Hall–Kier alpha value is -2.35. The number of nitrogens with zero attached hydrogens (tertiary/aromatic N) is 4. The first kappa shape index (κ1) is 24.3. The minimum atomic E-state index is -0.127. The van der Waals surface area contributed by atoms with Crippen molar-refractivity contribution in [2.45, 2.75) is 51.3 Å². The zero-order chi connectivity index (χ0) is 24.2. The van der Waals surface area contributed by atoms with E-state index in [9.17, 15) is 0 Å². The third-order valence-electron chi connectivity index (χ3n) is 7.43. The van der Waals surface area contributed by atoms with E-state index in [1.54, 1.807) is 7.11 Å². The predicted molar refractivity (Wildman–Crippen MR) is 138 cm³/mol. The summed E-state index contributed by atoms with van der Waals surface area (Å²) in [6, 6.07) is 4.27. The summed E-state index contributed by atoms with van der Waals surface area (Å²) in [7, 11) is 5.85. The molecule has 1 aromatic heterocycles. The SMILES string of the molecule is COC1C=CC(CN2CCC(CCc3noc4c(CN(C)C)c(OCC5CC5)ccc34)CC2)=C[N-]1. The van der Waals surface area contributed by atoms with Crippen LogP contribution in [0.25, 0.3) is 16.3 Å². The Labute approximate surface area is 209 Å². The van der Waals surface area contributed by atoms with Gasteiger partial charge in [-0.05, 0) is 89.7 Å². The molecule has 1 aromatic carbocycles. The quantitative estimate of drug-likeness (QED) is 0.446. The van der Waals surface area contributed by atoms with Gasteiger partial charge in [-0.25, -0.2) is 0 Å². The van der Waals surface area contributed by atoms with Crippen LogP contribution in [0.15, 0.2) is 40.6 Å². The minimum Gasteiger partial charge on any atom is -0.662 e. The molecular weight excluding hydrogens is 440 g/mol. The molecule has 0 radical (unpaired) electrons. The Morgan fingerprint density at radius 1 is 1.14 bits per heavy atom. The summed E-state index contributed by atoms with van der Waals surface area (Å²) < 4.78 is 17.3. The lowest BCUT2D eigenvalue weighted by molar-refractivity contribution is 0.169. The van der Waals surface area contributed by atoms with Crippen LogP contribution in [-0.4, -0.2) is 68.6 Å². The molecule has 0 spiro atoms. The van der Waals surface area contributed by atoms with E-state index < -0.39 is 0 Å². The fourth-order valence-electron chi connectivity index (χ4n) is 5.10. The lowest BCUT2D eigenvalue weighted by Gasteiger charge is -2.35. The minimum absolute atomic E-state index is 0.127. The number of piperidine rings is 1. The Morgan fingerprint density at radius 2 is 1.97 bits per heavy atom. The summed E-state index contributed by atoms with van der Waals surface area (Å²) in [4.78, 5) is 4.70. The number of hydrogen-bond acceptors (Lipinski definition) is 6. The van der Waals surface area contributed by atoms with Gasteiger partial charge in [-0.1, -0.05) is 22.9 Å². The van der Waals surface area contributed by atoms with Crippen molar-refractivity contribution in [3.8, 4) is 5.75 Å². The molecule has 5 rings (SSSR count). The Balaban J connectivity index is 1.15. The molecule has 2 aliphatic heterocycles. The highest BCUT2D eigenvalue weighted by Crippen LogP contribution is 2.35. The summed E-state index contributed by atoms with van der Waals surface area (Å²) in [5, 5.41) is 10.1. The number of likely N-dealkylation sites (tertiary alicyclic amines) is 1. The second-order valence-corrected chi connectivity index (χ2v) is 10.6. The van der Waals surface area contributed by atoms with Crippen molar-refractivity contribution in [1.29, 1.82) is 0 Å². The van der Waals surface area contributed by atoms with Gasteiger partial charge in [0.25, 0.3) is 0 Å². The van der Waals surface area contributed by atoms with E-state index in [1.165, 1.54) is 31.3 Å². The van der Waals surface area contributed by atoms with Crippen molar-refractivity contribution < 1.29 is 14.0 Å². The standard InChI is InChI=1S/C28H39N4O3/c1-31(2)18-24-26(34-19-21-4-5-21)10-8-23-25(30-35-28(23)24)9-6-20-12-14-32(15-13-20)17-22-7-11-27(33-3)29-16-22/h7-8,10-11,16,20-21,27H,4-6,9,12-15,17-19H2,1-3H3/q-1. The highest BCUT2D eigenvalue weighted by atomic mass is 16.5. The maximum Gasteiger partial charge on any atom is 0.175 e. The Morgan fingerprint density at radius 3 is 2.66 bits per heavy atom. The normalized spacial score (nSPS) is 21.5. The van der Waals surface area contributed by atoms with Crippen LogP contribution < -0.4 is 4.74 Å². The topological polar surface area (TPSA) is 65.1 Å². The molecule has 7 heteroatoms. The monoisotopic (exact) mass is 479 g/mol. The first-order valence-corrected chi connectivity index (χ1v) is 13.1. The van der Waals surface area contributed by atoms with Crippen molar-refractivity contribution in [2.24, 2.45) is 11.8 Å². The van der Waals surface area contributed by atoms with E-state index in [1.807, 2.05) is 12.3 Å². The summed E-state index contributed by atoms with van der Waals surface area (Å²) in [5.74, 6) is 2.41. The van der Waals surface area contributed by atoms with Crippen LogP contribution >= 0.6 is 0 Å². The number of rotatable bonds is 11. The molecule has 1 aliphatic carbocycles. The molecule has 1 saturated heterocycles. The zero-order valence-corrected chi connectivity index (χ0v) is 21.4. The summed E-state index contributed by atoms with van der Waals surface area (Å²) >= 11 is 0. The fourth-order valence-corrected chi connectivity index (χ4v) is 5.10. The molecule has 1 atom stereocenters. The maximum absolute atomic E-state index is 6.17. The first-order valence-electron chi connectivity index (χ1n) is 13.1. The smallest absolute Gasteiger partial charge is 0.175 e. The second kappa shape index (κ2) is 11.1. The van der Waals surface area contributed by atoms with Crippen LogP contribution in [0.4, 0.5) is 0 Å². The van der Waals surface area contributed by atoms with Gasteiger partial charge in [0.1, 0.15) is 5.75 Å². The average Bonchev–Trinajstić information content (AvgIpc) is 3.61. The predicted octanol–water partition coefficient (Wildman–Crippen LogP) is 5.12. The molecule has 0 N–H and O–H groups in total. The number of ether oxygens (including phenoxy) is 2. The molecule has 0 amide bonds. The van der Waals surface area contributed by atoms with Crippen LogP contribution in [0.1, 0.15) is 43.4 Å². The van der Waals surface area contributed by atoms with Gasteiger partial charge < -0.3 is 24.2 Å². The molecular formula is C28H39N4O3-. The molecule has 1 unspecified atom stereocenters. The average molecular weight is 480 g/mol. The van der Waals surface area contributed by atoms with E-state index in [0.29, 0.717) is 0 Å². The van der Waals surface area contributed by atoms with Crippen molar-refractivity contribution >= 4 is 11.0 Å². The van der Waals surface area contributed by atoms with Crippen LogP contribution in [-0.2, 0) is 17.7 Å². The van der Waals surface area contributed by atoms with E-state index in [2.05, 4.69) is 52.6 Å². The molecule has 2 aromatic rings. The molecule has 3 heterocycles. The number of fused-ring (bicyclic) bond motifs is 1. The van der Waals surface area contributed by atoms with Gasteiger partial charge >= 0.3 is 0 Å². The molecule has 0 bridgehead atoms. The molecule has 7 nitrogen and oxygen atoms in total. The van der Waals surface area contributed by atoms with Crippen LogP contribution in [0, 0.1) is 11.8 Å². The fraction of sp³-hybridized carbons (Fsp3) is 0.607. The molecule has 35 heavy (non-hydrogen) atoms. The number of hydrogen-bond donors (Lipinski definition) is 0. The molecule has 190 valence electrons. The van der Waals surface area contributed by atoms with Crippen molar-refractivity contribution in [3.63, 3.8) is 0 Å². The van der Waals surface area contributed by atoms with Crippen LogP contribution in [0.3, 0.4) is 0 Å². The molecule has 3 aliphatic rings. The van der Waals surface area contributed by atoms with Gasteiger partial charge in [0, 0.05) is 31.8 Å². The third kappa shape index (κ3) is 6.26. The largest absolute Gasteiger partial charge is 0.662 e. The highest BCUT2D eigenvalue weighted by Gasteiger charge is 2.24. The van der Waals surface area contributed by atoms with Crippen LogP contribution in [0.5, 0.6) is 5.75 Å². The highest BCUT2D eigenvalue weighted by molar-refractivity contribution is 5.84. The number of aryl methyl sites for hydroxylation is 1. The van der Waals surface area contributed by atoms with Crippen molar-refractivity contribution in [3.05, 3.63) is 52.6 Å². The summed E-state index contributed by atoms with van der Waals surface area (Å²) in [6.07, 6.45) is 13.2. The van der Waals surface area contributed by atoms with Crippen LogP contribution in [0.2, 0.25) is 0 Å². The molecule has 1 saturated carbocycles. The van der Waals surface area contributed by atoms with Crippen molar-refractivity contribution in [1.82, 2.24) is 15.0 Å². The number of aromatic nitrogens is 1. The van der Waals surface area contributed by atoms with E-state index in [-0.39, 0.29) is 6.23 Å². The second-order valence-electron chi connectivity index (χ2n) is 10.6. The van der Waals surface area contributed by atoms with E-state index in [4.69, 9.17) is 14.0 Å². The maximum atomic E-state index is 6.17. The third-order valence-corrected chi connectivity index (χ3v) is 7.43. The summed E-state index contributed by atoms with van der Waals surface area (Å²) in [6.45, 7) is 4.84. The number of methoxy groups -OCH3 is 1. The van der Waals surface area contributed by atoms with Gasteiger partial charge in [-0.2, -0.15) is 6.20 Å². The van der Waals surface area contributed by atoms with Crippen molar-refractivity contribution in [2.75, 3.05) is 47.4 Å².